The van der Waals surface area contributed by atoms with Crippen LogP contribution in [0.3, 0.4) is 0 Å². The average Bonchev–Trinajstić information content (AvgIpc) is 3.18. The molecule has 1 aromatic carbocycles. The van der Waals surface area contributed by atoms with E-state index in [4.69, 9.17) is 15.6 Å². The van der Waals surface area contributed by atoms with E-state index in [9.17, 15) is 9.59 Å². The van der Waals surface area contributed by atoms with Gasteiger partial charge in [0.1, 0.15) is 5.75 Å². The Morgan fingerprint density at radius 2 is 2.05 bits per heavy atom. The fourth-order valence-electron chi connectivity index (χ4n) is 1.76. The minimum absolute atomic E-state index is 0.138. The number of rotatable bonds is 6. The summed E-state index contributed by atoms with van der Waals surface area (Å²) in [7, 11) is 0. The average molecular weight is 264 g/mol. The van der Waals surface area contributed by atoms with Crippen molar-refractivity contribution < 1.29 is 19.4 Å². The Hall–Kier alpha value is -2.08. The molecule has 19 heavy (non-hydrogen) atoms. The van der Waals surface area contributed by atoms with Gasteiger partial charge in [0, 0.05) is 6.54 Å². The highest BCUT2D eigenvalue weighted by Gasteiger charge is 2.48. The summed E-state index contributed by atoms with van der Waals surface area (Å²) < 4.78 is 5.12. The zero-order chi connectivity index (χ0) is 13.9. The Labute approximate surface area is 110 Å². The Bertz CT molecular complexity index is 497. The highest BCUT2D eigenvalue weighted by Crippen LogP contribution is 2.45. The summed E-state index contributed by atoms with van der Waals surface area (Å²) in [4.78, 5) is 22.5. The van der Waals surface area contributed by atoms with E-state index >= 15 is 0 Å². The minimum Gasteiger partial charge on any atom is -0.480 e. The van der Waals surface area contributed by atoms with E-state index in [1.165, 1.54) is 0 Å². The molecule has 2 rings (SSSR count). The lowest BCUT2D eigenvalue weighted by Gasteiger charge is -2.15. The number of carboxylic acids is 1. The van der Waals surface area contributed by atoms with Crippen LogP contribution in [-0.4, -0.2) is 30.1 Å². The second kappa shape index (κ2) is 5.27. The van der Waals surface area contributed by atoms with Gasteiger partial charge in [-0.15, -0.1) is 0 Å². The van der Waals surface area contributed by atoms with Crippen LogP contribution in [0.15, 0.2) is 24.3 Å². The number of nitrogens with two attached hydrogens (primary N) is 1. The summed E-state index contributed by atoms with van der Waals surface area (Å²) in [5.74, 6) is -0.866. The van der Waals surface area contributed by atoms with Crippen LogP contribution in [0.5, 0.6) is 5.75 Å². The standard InChI is InChI=1S/C13H16N2O4/c14-8-13(5-6-13)12(18)15-9-3-1-2-4-10(9)19-7-11(16)17/h1-4H,5-8,14H2,(H,15,18)(H,16,17). The number of benzene rings is 1. The molecule has 0 spiro atoms. The first kappa shape index (κ1) is 13.4. The maximum Gasteiger partial charge on any atom is 0.341 e. The second-order valence-corrected chi connectivity index (χ2v) is 4.62. The van der Waals surface area contributed by atoms with Crippen molar-refractivity contribution in [3.63, 3.8) is 0 Å². The number of carbonyl (C=O) groups excluding carboxylic acids is 1. The third kappa shape index (κ3) is 3.03. The van der Waals surface area contributed by atoms with E-state index in [2.05, 4.69) is 5.32 Å². The number of hydrogen-bond acceptors (Lipinski definition) is 4. The number of hydrogen-bond donors (Lipinski definition) is 3. The molecule has 1 saturated carbocycles. The van der Waals surface area contributed by atoms with E-state index < -0.39 is 18.0 Å². The van der Waals surface area contributed by atoms with Gasteiger partial charge >= 0.3 is 5.97 Å². The molecule has 4 N–H and O–H groups in total. The summed E-state index contributed by atoms with van der Waals surface area (Å²) in [6.07, 6.45) is 1.57. The number of carboxylic acid groups (broad SMARTS) is 1. The molecule has 102 valence electrons. The van der Waals surface area contributed by atoms with Crippen LogP contribution >= 0.6 is 0 Å². The van der Waals surface area contributed by atoms with Gasteiger partial charge in [-0.3, -0.25) is 4.79 Å². The molecular formula is C13H16N2O4. The maximum absolute atomic E-state index is 12.1. The Kier molecular flexibility index (Phi) is 3.71. The molecule has 0 bridgehead atoms. The van der Waals surface area contributed by atoms with Crippen LogP contribution in [0.4, 0.5) is 5.69 Å². The molecule has 1 amide bonds. The molecule has 1 fully saturated rings. The molecule has 0 radical (unpaired) electrons. The quantitative estimate of drug-likeness (QED) is 0.706. The smallest absolute Gasteiger partial charge is 0.341 e. The van der Waals surface area contributed by atoms with Crippen LogP contribution in [0, 0.1) is 5.41 Å². The molecule has 1 aliphatic carbocycles. The first-order valence-corrected chi connectivity index (χ1v) is 6.02. The zero-order valence-corrected chi connectivity index (χ0v) is 10.4. The van der Waals surface area contributed by atoms with Crippen LogP contribution < -0.4 is 15.8 Å². The predicted octanol–water partition coefficient (Wildman–Crippen LogP) is 0.827. The van der Waals surface area contributed by atoms with Gasteiger partial charge in [-0.25, -0.2) is 4.79 Å². The van der Waals surface area contributed by atoms with E-state index in [-0.39, 0.29) is 5.91 Å². The Morgan fingerprint density at radius 3 is 2.63 bits per heavy atom. The number of carbonyl (C=O) groups is 2. The van der Waals surface area contributed by atoms with Crippen molar-refractivity contribution in [1.29, 1.82) is 0 Å². The van der Waals surface area contributed by atoms with Gasteiger partial charge in [-0.2, -0.15) is 0 Å². The fraction of sp³-hybridized carbons (Fsp3) is 0.385. The van der Waals surface area contributed by atoms with Gasteiger partial charge in [0.15, 0.2) is 6.61 Å². The summed E-state index contributed by atoms with van der Waals surface area (Å²) in [5.41, 5.74) is 5.60. The second-order valence-electron chi connectivity index (χ2n) is 4.62. The lowest BCUT2D eigenvalue weighted by Crippen LogP contribution is -2.31. The molecule has 0 saturated heterocycles. The molecule has 1 aromatic rings. The molecule has 0 unspecified atom stereocenters. The lowest BCUT2D eigenvalue weighted by atomic mass is 10.1. The minimum atomic E-state index is -1.07. The van der Waals surface area contributed by atoms with Crippen molar-refractivity contribution in [2.45, 2.75) is 12.8 Å². The molecular weight excluding hydrogens is 248 g/mol. The first-order valence-electron chi connectivity index (χ1n) is 6.02. The molecule has 1 aliphatic rings. The van der Waals surface area contributed by atoms with Gasteiger partial charge < -0.3 is 20.9 Å². The largest absolute Gasteiger partial charge is 0.480 e. The maximum atomic E-state index is 12.1. The van der Waals surface area contributed by atoms with Crippen molar-refractivity contribution in [1.82, 2.24) is 0 Å². The molecule has 0 atom stereocenters. The van der Waals surface area contributed by atoms with Crippen LogP contribution in [0.25, 0.3) is 0 Å². The Morgan fingerprint density at radius 1 is 1.37 bits per heavy atom. The number of nitrogens with one attached hydrogen (secondary N) is 1. The number of aliphatic carboxylic acids is 1. The fourth-order valence-corrected chi connectivity index (χ4v) is 1.76. The molecule has 6 nitrogen and oxygen atoms in total. The van der Waals surface area contributed by atoms with Crippen LogP contribution in [-0.2, 0) is 9.59 Å². The summed E-state index contributed by atoms with van der Waals surface area (Å²) in [5, 5.41) is 11.3. The number of para-hydroxylation sites is 2. The lowest BCUT2D eigenvalue weighted by molar-refractivity contribution is -0.139. The topological polar surface area (TPSA) is 102 Å². The number of anilines is 1. The first-order chi connectivity index (χ1) is 9.07. The van der Waals surface area contributed by atoms with Crippen molar-refractivity contribution in [2.75, 3.05) is 18.5 Å². The molecule has 0 heterocycles. The highest BCUT2D eigenvalue weighted by molar-refractivity contribution is 5.98. The molecule has 0 aromatic heterocycles. The van der Waals surface area contributed by atoms with Crippen LogP contribution in [0.1, 0.15) is 12.8 Å². The van der Waals surface area contributed by atoms with Crippen molar-refractivity contribution in [2.24, 2.45) is 11.1 Å². The van der Waals surface area contributed by atoms with Crippen molar-refractivity contribution in [3.05, 3.63) is 24.3 Å². The van der Waals surface area contributed by atoms with Crippen molar-refractivity contribution in [3.8, 4) is 5.75 Å². The van der Waals surface area contributed by atoms with Gasteiger partial charge in [0.2, 0.25) is 5.91 Å². The third-order valence-electron chi connectivity index (χ3n) is 3.21. The summed E-state index contributed by atoms with van der Waals surface area (Å²) in [6, 6.07) is 6.73. The van der Waals surface area contributed by atoms with Gasteiger partial charge in [0.05, 0.1) is 11.1 Å². The molecule has 6 heteroatoms. The Balaban J connectivity index is 2.07. The van der Waals surface area contributed by atoms with Gasteiger partial charge in [-0.05, 0) is 25.0 Å². The summed E-state index contributed by atoms with van der Waals surface area (Å²) >= 11 is 0. The SMILES string of the molecule is NCC1(C(=O)Nc2ccccc2OCC(=O)O)CC1. The number of ether oxygens (including phenoxy) is 1. The monoisotopic (exact) mass is 264 g/mol. The normalized spacial score (nSPS) is 15.6. The predicted molar refractivity (Wildman–Crippen MR) is 68.9 cm³/mol. The summed E-state index contributed by atoms with van der Waals surface area (Å²) in [6.45, 7) is -0.133. The number of amides is 1. The van der Waals surface area contributed by atoms with Gasteiger partial charge in [-0.1, -0.05) is 12.1 Å². The third-order valence-corrected chi connectivity index (χ3v) is 3.21. The van der Waals surface area contributed by atoms with E-state index in [1.807, 2.05) is 0 Å². The van der Waals surface area contributed by atoms with E-state index in [0.717, 1.165) is 12.8 Å². The molecule has 0 aliphatic heterocycles. The van der Waals surface area contributed by atoms with E-state index in [1.54, 1.807) is 24.3 Å². The zero-order valence-electron chi connectivity index (χ0n) is 10.4. The van der Waals surface area contributed by atoms with Gasteiger partial charge in [0.25, 0.3) is 0 Å². The van der Waals surface area contributed by atoms with Crippen LogP contribution in [0.2, 0.25) is 0 Å². The highest BCUT2D eigenvalue weighted by atomic mass is 16.5. The van der Waals surface area contributed by atoms with E-state index in [0.29, 0.717) is 18.0 Å². The van der Waals surface area contributed by atoms with Crippen molar-refractivity contribution >= 4 is 17.6 Å².